The Hall–Kier alpha value is -1.21. The summed E-state index contributed by atoms with van der Waals surface area (Å²) in [5, 5.41) is 2.55. The van der Waals surface area contributed by atoms with Crippen molar-refractivity contribution in [3.8, 4) is 0 Å². The minimum atomic E-state index is -0.110. The van der Waals surface area contributed by atoms with Crippen LogP contribution in [0.4, 0.5) is 0 Å². The Morgan fingerprint density at radius 3 is 3.19 bits per heavy atom. The molecule has 2 aromatic rings. The summed E-state index contributed by atoms with van der Waals surface area (Å²) >= 11 is 8.46. The normalized spacial score (nSPS) is 10.6. The van der Waals surface area contributed by atoms with E-state index in [4.69, 9.17) is 12.2 Å². The fourth-order valence-electron chi connectivity index (χ4n) is 1.39. The Labute approximate surface area is 105 Å². The number of nitrogens with zero attached hydrogens (tertiary/aromatic N) is 2. The van der Waals surface area contributed by atoms with Gasteiger partial charge < -0.3 is 10.3 Å². The molecule has 1 amide bonds. The van der Waals surface area contributed by atoms with Crippen molar-refractivity contribution in [1.29, 1.82) is 0 Å². The first-order valence-corrected chi connectivity index (χ1v) is 5.76. The Kier molecular flexibility index (Phi) is 3.06. The summed E-state index contributed by atoms with van der Waals surface area (Å²) in [4.78, 5) is 18.5. The first-order valence-electron chi connectivity index (χ1n) is 4.56. The lowest BCUT2D eigenvalue weighted by Crippen LogP contribution is -2.23. The highest BCUT2D eigenvalue weighted by Crippen LogP contribution is 2.16. The van der Waals surface area contributed by atoms with Crippen molar-refractivity contribution in [2.45, 2.75) is 6.54 Å². The van der Waals surface area contributed by atoms with Gasteiger partial charge in [0.15, 0.2) is 10.4 Å². The summed E-state index contributed by atoms with van der Waals surface area (Å²) in [6.45, 7) is 0.171. The minimum Gasteiger partial charge on any atom is -0.358 e. The molecule has 2 N–H and O–H groups in total. The standard InChI is InChI=1S/C9H9BrN4OS/c1-11-7(15)4-14-8-6(13-9(14)16)2-5(10)3-12-8/h2-3H,4H2,1H3,(H,11,15)(H,13,16). The van der Waals surface area contributed by atoms with Crippen LogP contribution in [0, 0.1) is 4.77 Å². The number of likely N-dealkylation sites (N-methyl/N-ethyl adjacent to an activating group) is 1. The summed E-state index contributed by atoms with van der Waals surface area (Å²) in [6, 6.07) is 1.87. The topological polar surface area (TPSA) is 62.7 Å². The van der Waals surface area contributed by atoms with Crippen molar-refractivity contribution >= 4 is 45.2 Å². The third-order valence-corrected chi connectivity index (χ3v) is 2.91. The second-order valence-corrected chi connectivity index (χ2v) is 4.52. The molecular formula is C9H9BrN4OS. The third kappa shape index (κ3) is 2.00. The van der Waals surface area contributed by atoms with Crippen molar-refractivity contribution in [1.82, 2.24) is 19.9 Å². The van der Waals surface area contributed by atoms with Crippen molar-refractivity contribution in [2.24, 2.45) is 0 Å². The van der Waals surface area contributed by atoms with E-state index < -0.39 is 0 Å². The quantitative estimate of drug-likeness (QED) is 0.828. The summed E-state index contributed by atoms with van der Waals surface area (Å²) in [5.41, 5.74) is 1.49. The zero-order chi connectivity index (χ0) is 11.7. The number of imidazole rings is 1. The molecule has 2 heterocycles. The molecule has 0 radical (unpaired) electrons. The van der Waals surface area contributed by atoms with Crippen LogP contribution in [0.5, 0.6) is 0 Å². The van der Waals surface area contributed by atoms with E-state index in [2.05, 4.69) is 31.2 Å². The van der Waals surface area contributed by atoms with Crippen LogP contribution >= 0.6 is 28.1 Å². The Morgan fingerprint density at radius 1 is 1.75 bits per heavy atom. The van der Waals surface area contributed by atoms with E-state index in [1.54, 1.807) is 17.8 Å². The van der Waals surface area contributed by atoms with Gasteiger partial charge in [-0.25, -0.2) is 4.98 Å². The summed E-state index contributed by atoms with van der Waals surface area (Å²) in [6.07, 6.45) is 1.67. The second kappa shape index (κ2) is 4.34. The number of hydrogen-bond acceptors (Lipinski definition) is 3. The molecule has 0 fully saturated rings. The van der Waals surface area contributed by atoms with E-state index in [1.165, 1.54) is 0 Å². The summed E-state index contributed by atoms with van der Waals surface area (Å²) in [7, 11) is 1.59. The molecule has 84 valence electrons. The number of carbonyl (C=O) groups excluding carboxylic acids is 1. The van der Waals surface area contributed by atoms with Gasteiger partial charge in [-0.05, 0) is 34.2 Å². The van der Waals surface area contributed by atoms with Crippen LogP contribution in [-0.2, 0) is 11.3 Å². The fraction of sp³-hybridized carbons (Fsp3) is 0.222. The van der Waals surface area contributed by atoms with E-state index in [0.29, 0.717) is 10.4 Å². The lowest BCUT2D eigenvalue weighted by molar-refractivity contribution is -0.121. The average molecular weight is 301 g/mol. The van der Waals surface area contributed by atoms with Crippen LogP contribution < -0.4 is 5.32 Å². The lowest BCUT2D eigenvalue weighted by Gasteiger charge is -2.01. The maximum absolute atomic E-state index is 11.3. The number of aromatic nitrogens is 3. The number of halogens is 1. The van der Waals surface area contributed by atoms with Gasteiger partial charge in [-0.3, -0.25) is 9.36 Å². The van der Waals surface area contributed by atoms with Crippen LogP contribution in [0.3, 0.4) is 0 Å². The van der Waals surface area contributed by atoms with Crippen molar-refractivity contribution in [2.75, 3.05) is 7.05 Å². The van der Waals surface area contributed by atoms with E-state index in [0.717, 1.165) is 9.99 Å². The molecule has 5 nitrogen and oxygen atoms in total. The molecular weight excluding hydrogens is 292 g/mol. The zero-order valence-corrected chi connectivity index (χ0v) is 10.9. The number of pyridine rings is 1. The summed E-state index contributed by atoms with van der Waals surface area (Å²) in [5.74, 6) is -0.110. The molecule has 0 aliphatic carbocycles. The number of aromatic amines is 1. The molecule has 0 saturated heterocycles. The number of amides is 1. The van der Waals surface area contributed by atoms with Crippen molar-refractivity contribution in [3.63, 3.8) is 0 Å². The van der Waals surface area contributed by atoms with Crippen molar-refractivity contribution < 1.29 is 4.79 Å². The van der Waals surface area contributed by atoms with Crippen LogP contribution in [0.2, 0.25) is 0 Å². The zero-order valence-electron chi connectivity index (χ0n) is 8.45. The molecule has 0 aliphatic rings. The predicted octanol–water partition coefficient (Wildman–Crippen LogP) is 1.60. The molecule has 2 aromatic heterocycles. The molecule has 0 spiro atoms. The van der Waals surface area contributed by atoms with Gasteiger partial charge in [-0.1, -0.05) is 0 Å². The highest BCUT2D eigenvalue weighted by Gasteiger charge is 2.08. The minimum absolute atomic E-state index is 0.110. The summed E-state index contributed by atoms with van der Waals surface area (Å²) < 4.78 is 3.02. The molecule has 2 rings (SSSR count). The van der Waals surface area contributed by atoms with Gasteiger partial charge >= 0.3 is 0 Å². The molecule has 0 atom stereocenters. The number of hydrogen-bond donors (Lipinski definition) is 2. The van der Waals surface area contributed by atoms with Crippen molar-refractivity contribution in [3.05, 3.63) is 21.5 Å². The SMILES string of the molecule is CNC(=O)Cn1c(=S)[nH]c2cc(Br)cnc21. The number of carbonyl (C=O) groups is 1. The van der Waals surface area contributed by atoms with Gasteiger partial charge in [0.25, 0.3) is 0 Å². The predicted molar refractivity (Wildman–Crippen MR) is 66.7 cm³/mol. The maximum Gasteiger partial charge on any atom is 0.239 e. The average Bonchev–Trinajstić information content (AvgIpc) is 2.54. The molecule has 0 aromatic carbocycles. The fourth-order valence-corrected chi connectivity index (χ4v) is 1.98. The number of rotatable bonds is 2. The highest BCUT2D eigenvalue weighted by molar-refractivity contribution is 9.10. The van der Waals surface area contributed by atoms with E-state index in [-0.39, 0.29) is 12.5 Å². The highest BCUT2D eigenvalue weighted by atomic mass is 79.9. The number of fused-ring (bicyclic) bond motifs is 1. The Bertz CT molecular complexity index is 603. The smallest absolute Gasteiger partial charge is 0.239 e. The van der Waals surface area contributed by atoms with Crippen LogP contribution in [-0.4, -0.2) is 27.5 Å². The van der Waals surface area contributed by atoms with Gasteiger partial charge in [0.05, 0.1) is 5.52 Å². The number of H-pyrrole nitrogens is 1. The van der Waals surface area contributed by atoms with E-state index >= 15 is 0 Å². The number of nitrogens with one attached hydrogen (secondary N) is 2. The van der Waals surface area contributed by atoms with Crippen LogP contribution in [0.1, 0.15) is 0 Å². The van der Waals surface area contributed by atoms with Gasteiger partial charge in [-0.2, -0.15) is 0 Å². The first-order chi connectivity index (χ1) is 7.61. The molecule has 0 saturated carbocycles. The first kappa shape index (κ1) is 11.3. The lowest BCUT2D eigenvalue weighted by atomic mass is 10.4. The Balaban J connectivity index is 2.56. The van der Waals surface area contributed by atoms with Crippen LogP contribution in [0.25, 0.3) is 11.2 Å². The molecule has 16 heavy (non-hydrogen) atoms. The Morgan fingerprint density at radius 2 is 2.50 bits per heavy atom. The third-order valence-electron chi connectivity index (χ3n) is 2.16. The second-order valence-electron chi connectivity index (χ2n) is 3.21. The molecule has 7 heteroatoms. The monoisotopic (exact) mass is 300 g/mol. The molecule has 0 unspecified atom stereocenters. The maximum atomic E-state index is 11.3. The molecule has 0 aliphatic heterocycles. The van der Waals surface area contributed by atoms with Crippen LogP contribution in [0.15, 0.2) is 16.7 Å². The van der Waals surface area contributed by atoms with Gasteiger partial charge in [0.1, 0.15) is 6.54 Å². The van der Waals surface area contributed by atoms with Gasteiger partial charge in [0, 0.05) is 17.7 Å². The van der Waals surface area contributed by atoms with E-state index in [9.17, 15) is 4.79 Å². The molecule has 0 bridgehead atoms. The van der Waals surface area contributed by atoms with Gasteiger partial charge in [0.2, 0.25) is 5.91 Å². The largest absolute Gasteiger partial charge is 0.358 e. The van der Waals surface area contributed by atoms with Gasteiger partial charge in [-0.15, -0.1) is 0 Å². The van der Waals surface area contributed by atoms with E-state index in [1.807, 2.05) is 6.07 Å².